The smallest absolute Gasteiger partial charge is 0.253 e. The second kappa shape index (κ2) is 7.51. The number of nitrogens with two attached hydrogens (primary N) is 1. The number of likely N-dealkylation sites (tertiary alicyclic amines) is 1. The number of methoxy groups -OCH3 is 2. The summed E-state index contributed by atoms with van der Waals surface area (Å²) in [6.07, 6.45) is 3.41. The fourth-order valence-electron chi connectivity index (χ4n) is 3.33. The van der Waals surface area contributed by atoms with E-state index in [0.717, 1.165) is 24.2 Å². The third kappa shape index (κ3) is 3.51. The maximum atomic E-state index is 12.7. The summed E-state index contributed by atoms with van der Waals surface area (Å²) in [6.45, 7) is 1.28. The number of hydrogen-bond acceptors (Lipinski definition) is 6. The Morgan fingerprint density at radius 1 is 1.19 bits per heavy atom. The molecule has 0 atom stereocenters. The fraction of sp³-hybridized carbons (Fsp3) is 0.368. The van der Waals surface area contributed by atoms with E-state index in [9.17, 15) is 9.90 Å². The number of aromatic nitrogens is 1. The van der Waals surface area contributed by atoms with Gasteiger partial charge in [-0.05, 0) is 37.0 Å². The predicted molar refractivity (Wildman–Crippen MR) is 97.7 cm³/mol. The standard InChI is InChI=1S/C19H23N3O4/c1-25-16-10-18(20)21-11-14(16)12-5-7-22(8-6-12)19(24)13-3-4-15(23)17(9-13)26-2/h3-4,9-12,23H,5-8H2,1-2H3,(H2,20,21). The van der Waals surface area contributed by atoms with Crippen LogP contribution in [0.15, 0.2) is 30.5 Å². The Balaban J connectivity index is 1.69. The summed E-state index contributed by atoms with van der Waals surface area (Å²) in [5.41, 5.74) is 7.25. The molecule has 138 valence electrons. The van der Waals surface area contributed by atoms with Gasteiger partial charge in [-0.1, -0.05) is 0 Å². The minimum atomic E-state index is -0.0656. The van der Waals surface area contributed by atoms with Crippen LogP contribution in [0.4, 0.5) is 5.82 Å². The van der Waals surface area contributed by atoms with Crippen molar-refractivity contribution in [1.29, 1.82) is 0 Å². The summed E-state index contributed by atoms with van der Waals surface area (Å²) in [7, 11) is 3.08. The molecule has 7 nitrogen and oxygen atoms in total. The summed E-state index contributed by atoms with van der Waals surface area (Å²) in [4.78, 5) is 18.7. The van der Waals surface area contributed by atoms with E-state index in [2.05, 4.69) is 4.98 Å². The van der Waals surface area contributed by atoms with Gasteiger partial charge < -0.3 is 25.2 Å². The molecule has 0 bridgehead atoms. The maximum absolute atomic E-state index is 12.7. The van der Waals surface area contributed by atoms with Crippen molar-refractivity contribution < 1.29 is 19.4 Å². The molecule has 1 saturated heterocycles. The third-order valence-electron chi connectivity index (χ3n) is 4.78. The molecule has 7 heteroatoms. The van der Waals surface area contributed by atoms with Crippen LogP contribution in [0.1, 0.15) is 34.7 Å². The van der Waals surface area contributed by atoms with Gasteiger partial charge in [-0.25, -0.2) is 4.98 Å². The lowest BCUT2D eigenvalue weighted by Crippen LogP contribution is -2.38. The van der Waals surface area contributed by atoms with Gasteiger partial charge in [0.15, 0.2) is 11.5 Å². The normalized spacial score (nSPS) is 14.9. The Kier molecular flexibility index (Phi) is 5.16. The van der Waals surface area contributed by atoms with Gasteiger partial charge in [0.2, 0.25) is 0 Å². The topological polar surface area (TPSA) is 97.9 Å². The van der Waals surface area contributed by atoms with Crippen LogP contribution in [-0.2, 0) is 0 Å². The molecule has 0 unspecified atom stereocenters. The predicted octanol–water partition coefficient (Wildman–Crippen LogP) is 2.41. The summed E-state index contributed by atoms with van der Waals surface area (Å²) in [5, 5.41) is 9.68. The second-order valence-electron chi connectivity index (χ2n) is 6.30. The van der Waals surface area contributed by atoms with Crippen LogP contribution in [0.3, 0.4) is 0 Å². The molecular formula is C19H23N3O4. The molecule has 1 amide bonds. The lowest BCUT2D eigenvalue weighted by atomic mass is 9.89. The van der Waals surface area contributed by atoms with Crippen molar-refractivity contribution >= 4 is 11.7 Å². The number of benzene rings is 1. The molecule has 0 saturated carbocycles. The number of carbonyl (C=O) groups excluding carboxylic acids is 1. The Hall–Kier alpha value is -2.96. The molecule has 2 aromatic rings. The van der Waals surface area contributed by atoms with Crippen LogP contribution in [0.25, 0.3) is 0 Å². The van der Waals surface area contributed by atoms with Crippen LogP contribution in [0.5, 0.6) is 17.2 Å². The highest BCUT2D eigenvalue weighted by Crippen LogP contribution is 2.35. The number of carbonyl (C=O) groups is 1. The van der Waals surface area contributed by atoms with Crippen molar-refractivity contribution in [3.05, 3.63) is 41.6 Å². The van der Waals surface area contributed by atoms with E-state index in [4.69, 9.17) is 15.2 Å². The summed E-state index contributed by atoms with van der Waals surface area (Å²) >= 11 is 0. The minimum Gasteiger partial charge on any atom is -0.504 e. The lowest BCUT2D eigenvalue weighted by molar-refractivity contribution is 0.0712. The molecule has 0 radical (unpaired) electrons. The SMILES string of the molecule is COc1cc(C(=O)N2CCC(c3cnc(N)cc3OC)CC2)ccc1O. The lowest BCUT2D eigenvalue weighted by Gasteiger charge is -2.32. The molecule has 1 aromatic carbocycles. The minimum absolute atomic E-state index is 0.0192. The van der Waals surface area contributed by atoms with Crippen LogP contribution in [0.2, 0.25) is 0 Å². The van der Waals surface area contributed by atoms with Crippen molar-refractivity contribution in [2.45, 2.75) is 18.8 Å². The Morgan fingerprint density at radius 2 is 1.88 bits per heavy atom. The van der Waals surface area contributed by atoms with Gasteiger partial charge in [0.1, 0.15) is 11.6 Å². The number of anilines is 1. The number of pyridine rings is 1. The van der Waals surface area contributed by atoms with E-state index in [1.807, 2.05) is 4.90 Å². The molecule has 26 heavy (non-hydrogen) atoms. The molecule has 0 spiro atoms. The number of aromatic hydroxyl groups is 1. The quantitative estimate of drug-likeness (QED) is 0.872. The first-order valence-electron chi connectivity index (χ1n) is 8.49. The molecular weight excluding hydrogens is 334 g/mol. The number of hydrogen-bond donors (Lipinski definition) is 2. The molecule has 1 fully saturated rings. The molecule has 3 rings (SSSR count). The number of nitrogens with zero attached hydrogens (tertiary/aromatic N) is 2. The molecule has 3 N–H and O–H groups in total. The van der Waals surface area contributed by atoms with Crippen LogP contribution in [0, 0.1) is 0 Å². The monoisotopic (exact) mass is 357 g/mol. The fourth-order valence-corrected chi connectivity index (χ4v) is 3.33. The van der Waals surface area contributed by atoms with Gasteiger partial charge in [0.25, 0.3) is 5.91 Å². The van der Waals surface area contributed by atoms with Crippen LogP contribution < -0.4 is 15.2 Å². The average Bonchev–Trinajstić information content (AvgIpc) is 2.68. The van der Waals surface area contributed by atoms with Gasteiger partial charge in [0.05, 0.1) is 14.2 Å². The highest BCUT2D eigenvalue weighted by atomic mass is 16.5. The van der Waals surface area contributed by atoms with Gasteiger partial charge in [0, 0.05) is 36.5 Å². The average molecular weight is 357 g/mol. The number of rotatable bonds is 4. The van der Waals surface area contributed by atoms with Crippen LogP contribution in [-0.4, -0.2) is 48.2 Å². The molecule has 0 aliphatic carbocycles. The van der Waals surface area contributed by atoms with Gasteiger partial charge in [-0.15, -0.1) is 0 Å². The van der Waals surface area contributed by atoms with E-state index >= 15 is 0 Å². The largest absolute Gasteiger partial charge is 0.504 e. The van der Waals surface area contributed by atoms with Crippen molar-refractivity contribution in [1.82, 2.24) is 9.88 Å². The molecule has 1 aliphatic rings. The zero-order valence-electron chi connectivity index (χ0n) is 14.9. The second-order valence-corrected chi connectivity index (χ2v) is 6.30. The van der Waals surface area contributed by atoms with Gasteiger partial charge >= 0.3 is 0 Å². The summed E-state index contributed by atoms with van der Waals surface area (Å²) in [5.74, 6) is 1.69. The van der Waals surface area contributed by atoms with Crippen LogP contribution >= 0.6 is 0 Å². The van der Waals surface area contributed by atoms with Crippen molar-refractivity contribution in [2.24, 2.45) is 0 Å². The highest BCUT2D eigenvalue weighted by Gasteiger charge is 2.27. The van der Waals surface area contributed by atoms with Gasteiger partial charge in [-0.3, -0.25) is 4.79 Å². The number of piperidine rings is 1. The van der Waals surface area contributed by atoms with Crippen molar-refractivity contribution in [3.8, 4) is 17.2 Å². The first-order valence-corrected chi connectivity index (χ1v) is 8.49. The molecule has 1 aromatic heterocycles. The maximum Gasteiger partial charge on any atom is 0.253 e. The highest BCUT2D eigenvalue weighted by molar-refractivity contribution is 5.95. The molecule has 2 heterocycles. The number of amides is 1. The Labute approximate surface area is 152 Å². The Bertz CT molecular complexity index is 801. The Morgan fingerprint density at radius 3 is 2.54 bits per heavy atom. The number of ether oxygens (including phenoxy) is 2. The summed E-state index contributed by atoms with van der Waals surface area (Å²) in [6, 6.07) is 6.38. The first-order chi connectivity index (χ1) is 12.5. The van der Waals surface area contributed by atoms with E-state index in [-0.39, 0.29) is 17.6 Å². The van der Waals surface area contributed by atoms with E-state index in [1.54, 1.807) is 31.5 Å². The van der Waals surface area contributed by atoms with E-state index in [0.29, 0.717) is 30.2 Å². The van der Waals surface area contributed by atoms with Crippen molar-refractivity contribution in [3.63, 3.8) is 0 Å². The number of nitrogen functional groups attached to an aromatic ring is 1. The van der Waals surface area contributed by atoms with E-state index in [1.165, 1.54) is 13.2 Å². The van der Waals surface area contributed by atoms with Crippen molar-refractivity contribution in [2.75, 3.05) is 33.0 Å². The third-order valence-corrected chi connectivity index (χ3v) is 4.78. The number of phenols is 1. The molecule has 1 aliphatic heterocycles. The zero-order valence-corrected chi connectivity index (χ0v) is 14.9. The van der Waals surface area contributed by atoms with Gasteiger partial charge in [-0.2, -0.15) is 0 Å². The summed E-state index contributed by atoms with van der Waals surface area (Å²) < 4.78 is 10.5. The number of phenolic OH excluding ortho intramolecular Hbond substituents is 1. The van der Waals surface area contributed by atoms with E-state index < -0.39 is 0 Å². The zero-order chi connectivity index (χ0) is 18.7. The first kappa shape index (κ1) is 17.8.